The van der Waals surface area contributed by atoms with Crippen LogP contribution < -0.4 is 0 Å². The van der Waals surface area contributed by atoms with E-state index >= 15 is 0 Å². The Hall–Kier alpha value is -1.00. The molecule has 0 bridgehead atoms. The fourth-order valence-corrected chi connectivity index (χ4v) is 2.20. The molecule has 1 N–H and O–H groups in total. The Balaban J connectivity index is 2.67. The van der Waals surface area contributed by atoms with Crippen LogP contribution in [0.1, 0.15) is 22.8 Å². The van der Waals surface area contributed by atoms with E-state index in [1.165, 1.54) is 18.7 Å². The van der Waals surface area contributed by atoms with Gasteiger partial charge in [-0.1, -0.05) is 12.1 Å². The molecule has 0 aliphatic carbocycles. The minimum atomic E-state index is -1.47. The molecule has 0 spiro atoms. The second-order valence-electron chi connectivity index (χ2n) is 3.26. The van der Waals surface area contributed by atoms with Crippen LogP contribution in [0.4, 0.5) is 0 Å². The molecule has 4 heteroatoms. The van der Waals surface area contributed by atoms with Crippen LogP contribution in [0.2, 0.25) is 0 Å². The molecular formula is C10H10O3S. The van der Waals surface area contributed by atoms with E-state index in [2.05, 4.69) is 0 Å². The second kappa shape index (κ2) is 3.00. The van der Waals surface area contributed by atoms with Crippen molar-refractivity contribution in [1.29, 1.82) is 0 Å². The van der Waals surface area contributed by atoms with Crippen LogP contribution in [0.3, 0.4) is 0 Å². The van der Waals surface area contributed by atoms with Crippen LogP contribution in [-0.2, 0) is 10.5 Å². The van der Waals surface area contributed by atoms with Gasteiger partial charge in [0.05, 0.1) is 5.56 Å². The molecule has 0 aromatic heterocycles. The zero-order valence-electron chi connectivity index (χ0n) is 7.90. The van der Waals surface area contributed by atoms with Crippen molar-refractivity contribution in [3.63, 3.8) is 0 Å². The summed E-state index contributed by atoms with van der Waals surface area (Å²) < 4.78 is 4.86. The van der Waals surface area contributed by atoms with Gasteiger partial charge in [0.2, 0.25) is 5.79 Å². The highest BCUT2D eigenvalue weighted by atomic mass is 32.2. The first-order chi connectivity index (χ1) is 6.56. The Morgan fingerprint density at radius 2 is 2.21 bits per heavy atom. The summed E-state index contributed by atoms with van der Waals surface area (Å²) in [6, 6.07) is 5.35. The van der Waals surface area contributed by atoms with Crippen molar-refractivity contribution in [2.75, 3.05) is 6.26 Å². The maximum Gasteiger partial charge on any atom is 0.342 e. The zero-order valence-corrected chi connectivity index (χ0v) is 8.72. The van der Waals surface area contributed by atoms with Gasteiger partial charge < -0.3 is 9.84 Å². The van der Waals surface area contributed by atoms with Gasteiger partial charge in [0, 0.05) is 17.4 Å². The first-order valence-electron chi connectivity index (χ1n) is 4.19. The van der Waals surface area contributed by atoms with Gasteiger partial charge in [0.15, 0.2) is 0 Å². The lowest BCUT2D eigenvalue weighted by atomic mass is 10.0. The molecule has 0 amide bonds. The molecule has 1 heterocycles. The van der Waals surface area contributed by atoms with Gasteiger partial charge in [0.1, 0.15) is 0 Å². The number of rotatable bonds is 1. The van der Waals surface area contributed by atoms with Crippen molar-refractivity contribution in [1.82, 2.24) is 0 Å². The Morgan fingerprint density at radius 3 is 2.86 bits per heavy atom. The summed E-state index contributed by atoms with van der Waals surface area (Å²) in [5.41, 5.74) is 1.04. The molecule has 1 atom stereocenters. The van der Waals surface area contributed by atoms with Gasteiger partial charge in [-0.05, 0) is 12.3 Å². The molecular weight excluding hydrogens is 200 g/mol. The van der Waals surface area contributed by atoms with Gasteiger partial charge in [0.25, 0.3) is 0 Å². The van der Waals surface area contributed by atoms with E-state index in [0.717, 1.165) is 4.90 Å². The largest absolute Gasteiger partial charge is 0.425 e. The lowest BCUT2D eigenvalue weighted by molar-refractivity contribution is -0.147. The molecule has 0 saturated heterocycles. The molecule has 2 rings (SSSR count). The summed E-state index contributed by atoms with van der Waals surface area (Å²) in [5, 5.41) is 9.78. The Bertz CT molecular complexity index is 398. The number of esters is 1. The summed E-state index contributed by atoms with van der Waals surface area (Å²) in [5.74, 6) is -1.92. The molecule has 1 aromatic carbocycles. The number of thioether (sulfide) groups is 1. The summed E-state index contributed by atoms with van der Waals surface area (Å²) in [6.07, 6.45) is 1.88. The van der Waals surface area contributed by atoms with Gasteiger partial charge in [-0.25, -0.2) is 4.79 Å². The molecule has 3 nitrogen and oxygen atoms in total. The fraction of sp³-hybridized carbons (Fsp3) is 0.300. The SMILES string of the molecule is CSc1cccc2c1C(=O)OC2(C)O. The van der Waals surface area contributed by atoms with Crippen LogP contribution in [0.5, 0.6) is 0 Å². The third kappa shape index (κ3) is 1.22. The van der Waals surface area contributed by atoms with Crippen LogP contribution in [0.25, 0.3) is 0 Å². The Morgan fingerprint density at radius 1 is 1.50 bits per heavy atom. The van der Waals surface area contributed by atoms with Crippen LogP contribution in [0.15, 0.2) is 23.1 Å². The molecule has 0 radical (unpaired) electrons. The number of hydrogen-bond acceptors (Lipinski definition) is 4. The first-order valence-corrected chi connectivity index (χ1v) is 5.42. The van der Waals surface area contributed by atoms with Crippen molar-refractivity contribution in [3.8, 4) is 0 Å². The third-order valence-corrected chi connectivity index (χ3v) is 3.02. The highest BCUT2D eigenvalue weighted by molar-refractivity contribution is 7.98. The molecule has 74 valence electrons. The molecule has 1 aliphatic heterocycles. The lowest BCUT2D eigenvalue weighted by Crippen LogP contribution is -2.20. The number of carbonyl (C=O) groups excluding carboxylic acids is 1. The Labute approximate surface area is 86.1 Å². The van der Waals surface area contributed by atoms with Crippen molar-refractivity contribution >= 4 is 17.7 Å². The zero-order chi connectivity index (χ0) is 10.3. The number of fused-ring (bicyclic) bond motifs is 1. The topological polar surface area (TPSA) is 46.5 Å². The molecule has 14 heavy (non-hydrogen) atoms. The molecule has 1 unspecified atom stereocenters. The normalized spacial score (nSPS) is 24.6. The molecule has 1 aromatic rings. The number of carbonyl (C=O) groups is 1. The van der Waals surface area contributed by atoms with Crippen LogP contribution >= 0.6 is 11.8 Å². The highest BCUT2D eigenvalue weighted by Crippen LogP contribution is 2.38. The van der Waals surface area contributed by atoms with Gasteiger partial charge in [-0.3, -0.25) is 0 Å². The van der Waals surface area contributed by atoms with Gasteiger partial charge >= 0.3 is 5.97 Å². The van der Waals surface area contributed by atoms with Crippen molar-refractivity contribution in [2.24, 2.45) is 0 Å². The van der Waals surface area contributed by atoms with E-state index in [1.54, 1.807) is 12.1 Å². The smallest absolute Gasteiger partial charge is 0.342 e. The van der Waals surface area contributed by atoms with Crippen molar-refractivity contribution < 1.29 is 14.6 Å². The average Bonchev–Trinajstić information content (AvgIpc) is 2.38. The highest BCUT2D eigenvalue weighted by Gasteiger charge is 2.41. The van der Waals surface area contributed by atoms with Crippen LogP contribution in [0, 0.1) is 0 Å². The van der Waals surface area contributed by atoms with Crippen LogP contribution in [-0.4, -0.2) is 17.3 Å². The Kier molecular flexibility index (Phi) is 2.05. The number of cyclic esters (lactones) is 1. The standard InChI is InChI=1S/C10H10O3S/c1-10(12)6-4-3-5-7(14-2)8(6)9(11)13-10/h3-5,12H,1-2H3. The average molecular weight is 210 g/mol. The van der Waals surface area contributed by atoms with Gasteiger partial charge in [-0.15, -0.1) is 11.8 Å². The number of ether oxygens (including phenoxy) is 1. The van der Waals surface area contributed by atoms with E-state index in [4.69, 9.17) is 4.74 Å². The van der Waals surface area contributed by atoms with E-state index < -0.39 is 11.8 Å². The molecule has 0 saturated carbocycles. The maximum absolute atomic E-state index is 11.5. The van der Waals surface area contributed by atoms with Gasteiger partial charge in [-0.2, -0.15) is 0 Å². The second-order valence-corrected chi connectivity index (χ2v) is 4.10. The van der Waals surface area contributed by atoms with E-state index in [1.807, 2.05) is 12.3 Å². The van der Waals surface area contributed by atoms with E-state index in [-0.39, 0.29) is 0 Å². The number of hydrogen-bond donors (Lipinski definition) is 1. The summed E-state index contributed by atoms with van der Waals surface area (Å²) >= 11 is 1.47. The quantitative estimate of drug-likeness (QED) is 0.566. The maximum atomic E-state index is 11.5. The fourth-order valence-electron chi connectivity index (χ4n) is 1.58. The number of aliphatic hydroxyl groups is 1. The summed E-state index contributed by atoms with van der Waals surface area (Å²) in [6.45, 7) is 1.47. The lowest BCUT2D eigenvalue weighted by Gasteiger charge is -2.15. The predicted octanol–water partition coefficient (Wildman–Crippen LogP) is 1.74. The molecule has 0 fully saturated rings. The minimum absolute atomic E-state index is 0.449. The summed E-state index contributed by atoms with van der Waals surface area (Å²) in [4.78, 5) is 12.3. The monoisotopic (exact) mass is 210 g/mol. The van der Waals surface area contributed by atoms with Crippen molar-refractivity contribution in [3.05, 3.63) is 29.3 Å². The third-order valence-electron chi connectivity index (χ3n) is 2.24. The van der Waals surface area contributed by atoms with E-state index in [0.29, 0.717) is 11.1 Å². The minimum Gasteiger partial charge on any atom is -0.425 e. The molecule has 1 aliphatic rings. The summed E-state index contributed by atoms with van der Waals surface area (Å²) in [7, 11) is 0. The first kappa shape index (κ1) is 9.55. The predicted molar refractivity (Wildman–Crippen MR) is 53.2 cm³/mol. The van der Waals surface area contributed by atoms with Crippen molar-refractivity contribution in [2.45, 2.75) is 17.6 Å². The number of benzene rings is 1. The van der Waals surface area contributed by atoms with E-state index in [9.17, 15) is 9.90 Å².